The molecule has 3 aliphatic rings. The minimum atomic E-state index is 0.546. The van der Waals surface area contributed by atoms with Gasteiger partial charge in [-0.1, -0.05) is 12.0 Å². The van der Waals surface area contributed by atoms with Gasteiger partial charge in [0.05, 0.1) is 11.6 Å². The Morgan fingerprint density at radius 3 is 2.55 bits per heavy atom. The molecule has 3 nitrogen and oxygen atoms in total. The van der Waals surface area contributed by atoms with Crippen molar-refractivity contribution in [2.75, 3.05) is 18.0 Å². The molecule has 2 heterocycles. The largest absolute Gasteiger partial charge is 0.366 e. The van der Waals surface area contributed by atoms with Crippen LogP contribution < -0.4 is 4.90 Å². The number of allylic oxidation sites excluding steroid dienone is 1. The summed E-state index contributed by atoms with van der Waals surface area (Å²) in [4.78, 5) is 5.15. The Hall–Kier alpha value is -2.23. The van der Waals surface area contributed by atoms with Crippen LogP contribution in [0.25, 0.3) is 0 Å². The fourth-order valence-electron chi connectivity index (χ4n) is 4.23. The Bertz CT molecular complexity index is 689. The highest BCUT2D eigenvalue weighted by molar-refractivity contribution is 5.52. The van der Waals surface area contributed by atoms with E-state index in [2.05, 4.69) is 40.0 Å². The molecule has 3 unspecified atom stereocenters. The van der Waals surface area contributed by atoms with Crippen LogP contribution in [0.1, 0.15) is 24.8 Å². The van der Waals surface area contributed by atoms with E-state index in [4.69, 9.17) is 11.7 Å². The van der Waals surface area contributed by atoms with Crippen molar-refractivity contribution in [1.29, 1.82) is 5.26 Å². The lowest BCUT2D eigenvalue weighted by Gasteiger charge is -2.38. The minimum absolute atomic E-state index is 0.546. The molecular formula is C19H19N3. The van der Waals surface area contributed by atoms with Crippen molar-refractivity contribution < 1.29 is 0 Å². The van der Waals surface area contributed by atoms with Gasteiger partial charge in [-0.2, -0.15) is 5.26 Å². The predicted molar refractivity (Wildman–Crippen MR) is 87.3 cm³/mol. The highest BCUT2D eigenvalue weighted by Crippen LogP contribution is 2.38. The summed E-state index contributed by atoms with van der Waals surface area (Å²) in [6, 6.07) is 12.0. The average Bonchev–Trinajstić information content (AvgIpc) is 3.29. The van der Waals surface area contributed by atoms with Crippen molar-refractivity contribution in [1.82, 2.24) is 4.90 Å². The van der Waals surface area contributed by atoms with E-state index in [1.807, 2.05) is 12.1 Å². The van der Waals surface area contributed by atoms with Crippen molar-refractivity contribution >= 4 is 5.69 Å². The van der Waals surface area contributed by atoms with Gasteiger partial charge in [-0.05, 0) is 49.1 Å². The molecule has 3 atom stereocenters. The van der Waals surface area contributed by atoms with Crippen LogP contribution in [0.2, 0.25) is 0 Å². The molecule has 110 valence electrons. The summed E-state index contributed by atoms with van der Waals surface area (Å²) in [5.74, 6) is 2.80. The van der Waals surface area contributed by atoms with Crippen molar-refractivity contribution in [2.24, 2.45) is 0 Å². The number of nitriles is 1. The molecule has 2 bridgehead atoms. The zero-order chi connectivity index (χ0) is 15.1. The Balaban J connectivity index is 1.47. The molecule has 0 spiro atoms. The van der Waals surface area contributed by atoms with Crippen molar-refractivity contribution in [3.05, 3.63) is 41.5 Å². The highest BCUT2D eigenvalue weighted by atomic mass is 15.4. The zero-order valence-corrected chi connectivity index (χ0v) is 12.6. The number of rotatable bonds is 2. The Labute approximate surface area is 131 Å². The molecule has 0 aromatic heterocycles. The van der Waals surface area contributed by atoms with E-state index < -0.39 is 0 Å². The number of piperazine rings is 1. The third-order valence-corrected chi connectivity index (χ3v) is 5.33. The van der Waals surface area contributed by atoms with Crippen LogP contribution in [-0.2, 0) is 0 Å². The Morgan fingerprint density at radius 1 is 1.14 bits per heavy atom. The molecule has 2 saturated heterocycles. The molecule has 0 N–H and O–H groups in total. The summed E-state index contributed by atoms with van der Waals surface area (Å²) in [6.07, 6.45) is 11.3. The van der Waals surface area contributed by atoms with Gasteiger partial charge in [-0.25, -0.2) is 0 Å². The van der Waals surface area contributed by atoms with Gasteiger partial charge in [0, 0.05) is 36.9 Å². The average molecular weight is 289 g/mol. The number of hydrogen-bond donors (Lipinski definition) is 0. The SMILES string of the molecule is C#CC1=CC(N2CC3CC2CN3c2ccc(C#N)cc2)CC1. The lowest BCUT2D eigenvalue weighted by molar-refractivity contribution is 0.196. The van der Waals surface area contributed by atoms with Gasteiger partial charge >= 0.3 is 0 Å². The molecular weight excluding hydrogens is 270 g/mol. The molecule has 2 aliphatic heterocycles. The van der Waals surface area contributed by atoms with Crippen LogP contribution >= 0.6 is 0 Å². The first-order chi connectivity index (χ1) is 10.8. The molecule has 4 rings (SSSR count). The number of nitrogens with zero attached hydrogens (tertiary/aromatic N) is 3. The zero-order valence-electron chi connectivity index (χ0n) is 12.6. The fraction of sp³-hybridized carbons (Fsp3) is 0.421. The minimum Gasteiger partial charge on any atom is -0.366 e. The van der Waals surface area contributed by atoms with Gasteiger partial charge < -0.3 is 4.90 Å². The smallest absolute Gasteiger partial charge is 0.0991 e. The molecule has 3 heteroatoms. The first kappa shape index (κ1) is 13.4. The number of fused-ring (bicyclic) bond motifs is 2. The Kier molecular flexibility index (Phi) is 3.17. The maximum atomic E-state index is 8.91. The highest BCUT2D eigenvalue weighted by Gasteiger charge is 2.45. The van der Waals surface area contributed by atoms with E-state index >= 15 is 0 Å². The van der Waals surface area contributed by atoms with Crippen LogP contribution in [0.15, 0.2) is 35.9 Å². The van der Waals surface area contributed by atoms with Gasteiger partial charge in [-0.15, -0.1) is 6.42 Å². The third kappa shape index (κ3) is 2.10. The van der Waals surface area contributed by atoms with Crippen LogP contribution in [0, 0.1) is 23.7 Å². The van der Waals surface area contributed by atoms with Crippen molar-refractivity contribution in [3.8, 4) is 18.4 Å². The molecule has 0 saturated carbocycles. The molecule has 1 aromatic rings. The van der Waals surface area contributed by atoms with E-state index in [1.165, 1.54) is 24.1 Å². The van der Waals surface area contributed by atoms with Gasteiger partial charge in [0.15, 0.2) is 0 Å². The number of terminal acetylenes is 1. The number of hydrogen-bond acceptors (Lipinski definition) is 3. The summed E-state index contributed by atoms with van der Waals surface area (Å²) in [6.45, 7) is 2.22. The van der Waals surface area contributed by atoms with E-state index in [0.29, 0.717) is 18.1 Å². The summed E-state index contributed by atoms with van der Waals surface area (Å²) in [7, 11) is 0. The second-order valence-corrected chi connectivity index (χ2v) is 6.49. The third-order valence-electron chi connectivity index (χ3n) is 5.33. The van der Waals surface area contributed by atoms with Gasteiger partial charge in [-0.3, -0.25) is 4.90 Å². The molecule has 0 radical (unpaired) electrons. The lowest BCUT2D eigenvalue weighted by atomic mass is 10.1. The number of anilines is 1. The summed E-state index contributed by atoms with van der Waals surface area (Å²) < 4.78 is 0. The van der Waals surface area contributed by atoms with Gasteiger partial charge in [0.25, 0.3) is 0 Å². The van der Waals surface area contributed by atoms with Crippen molar-refractivity contribution in [3.63, 3.8) is 0 Å². The number of benzene rings is 1. The first-order valence-electron chi connectivity index (χ1n) is 7.98. The fourth-order valence-corrected chi connectivity index (χ4v) is 4.23. The summed E-state index contributed by atoms with van der Waals surface area (Å²) >= 11 is 0. The predicted octanol–water partition coefficient (Wildman–Crippen LogP) is 2.54. The maximum Gasteiger partial charge on any atom is 0.0991 e. The second kappa shape index (κ2) is 5.20. The maximum absolute atomic E-state index is 8.91. The van der Waals surface area contributed by atoms with Gasteiger partial charge in [0.1, 0.15) is 0 Å². The van der Waals surface area contributed by atoms with Crippen LogP contribution in [0.5, 0.6) is 0 Å². The summed E-state index contributed by atoms with van der Waals surface area (Å²) in [5.41, 5.74) is 3.15. The van der Waals surface area contributed by atoms with E-state index in [-0.39, 0.29) is 0 Å². The van der Waals surface area contributed by atoms with E-state index in [1.54, 1.807) is 0 Å². The molecule has 22 heavy (non-hydrogen) atoms. The van der Waals surface area contributed by atoms with Crippen LogP contribution in [0.4, 0.5) is 5.69 Å². The lowest BCUT2D eigenvalue weighted by Crippen LogP contribution is -2.49. The van der Waals surface area contributed by atoms with E-state index in [0.717, 1.165) is 25.1 Å². The van der Waals surface area contributed by atoms with Crippen LogP contribution in [0.3, 0.4) is 0 Å². The summed E-state index contributed by atoms with van der Waals surface area (Å²) in [5, 5.41) is 8.91. The first-order valence-corrected chi connectivity index (χ1v) is 7.98. The van der Waals surface area contributed by atoms with Gasteiger partial charge in [0.2, 0.25) is 0 Å². The second-order valence-electron chi connectivity index (χ2n) is 6.49. The molecule has 1 aliphatic carbocycles. The molecule has 2 fully saturated rings. The van der Waals surface area contributed by atoms with Crippen molar-refractivity contribution in [2.45, 2.75) is 37.4 Å². The van der Waals surface area contributed by atoms with E-state index in [9.17, 15) is 0 Å². The monoisotopic (exact) mass is 289 g/mol. The molecule has 0 amide bonds. The Morgan fingerprint density at radius 2 is 1.95 bits per heavy atom. The van der Waals surface area contributed by atoms with Crippen LogP contribution in [-0.4, -0.2) is 36.1 Å². The topological polar surface area (TPSA) is 30.3 Å². The number of likely N-dealkylation sites (tertiary alicyclic amines) is 1. The standard InChI is InChI=1S/C19H19N3/c1-2-14-3-8-17(9-14)22-13-18-10-19(22)12-21(18)16-6-4-15(11-20)5-7-16/h1,4-7,9,17-19H,3,8,10,12-13H2. The quantitative estimate of drug-likeness (QED) is 0.784. The molecule has 1 aromatic carbocycles. The normalized spacial score (nSPS) is 30.2.